The smallest absolute Gasteiger partial charge is 0.350 e. The number of hydrogen-bond acceptors (Lipinski definition) is 17. The first-order chi connectivity index (χ1) is 37.4. The zero-order chi connectivity index (χ0) is 55.0. The van der Waals surface area contributed by atoms with Gasteiger partial charge in [-0.15, -0.1) is 0 Å². The fraction of sp³-hybridized carbons (Fsp3) is 0.361. The summed E-state index contributed by atoms with van der Waals surface area (Å²) in [6.07, 6.45) is -10.1. The van der Waals surface area contributed by atoms with Crippen LogP contribution in [0.3, 0.4) is 0 Å². The van der Waals surface area contributed by atoms with E-state index >= 15 is 9.59 Å². The average molecular weight is 1060 g/mol. The topological polar surface area (TPSA) is 218 Å². The number of carbonyl (C=O) groups is 6. The number of para-hydroxylation sites is 2. The molecular weight excluding hydrogens is 1000 g/mol. The lowest BCUT2D eigenvalue weighted by Gasteiger charge is -2.67. The molecule has 2 saturated carbocycles. The fourth-order valence-electron chi connectivity index (χ4n) is 12.1. The Kier molecular flexibility index (Phi) is 14.6. The van der Waals surface area contributed by atoms with Gasteiger partial charge in [-0.05, 0) is 79.1 Å². The molecule has 5 aromatic carbocycles. The summed E-state index contributed by atoms with van der Waals surface area (Å²) in [5.41, 5.74) is -6.75. The number of ketones is 1. The SMILES string of the molecule is CC(=O)O[C@@]12CO[C@@H]1C[C@H](OC(=O)COc1ccccc1)[C@@]1(C)C(=O)[C@H](OC(=O)COc3ccccc3)C3=C(C)[C@@H](OC(=O)[C@@H]4OC(c5ccccc5)=N[C@H]4c4ccccc4)C[C@@](O)([C@@H](OC(=O)c4ccccc4)[C@H]21)C3(C)C. The van der Waals surface area contributed by atoms with Crippen molar-refractivity contribution in [3.8, 4) is 11.5 Å². The second kappa shape index (κ2) is 21.3. The zero-order valence-electron chi connectivity index (χ0n) is 43.6. The summed E-state index contributed by atoms with van der Waals surface area (Å²) < 4.78 is 56.4. The van der Waals surface area contributed by atoms with Crippen LogP contribution in [-0.2, 0) is 57.1 Å². The third kappa shape index (κ3) is 9.69. The van der Waals surface area contributed by atoms with Gasteiger partial charge in [-0.3, -0.25) is 9.59 Å². The molecule has 2 aliphatic heterocycles. The predicted molar refractivity (Wildman–Crippen MR) is 278 cm³/mol. The Hall–Kier alpha value is -8.15. The van der Waals surface area contributed by atoms with Crippen molar-refractivity contribution in [2.24, 2.45) is 21.7 Å². The van der Waals surface area contributed by atoms with Gasteiger partial charge in [0.15, 0.2) is 30.7 Å². The second-order valence-corrected chi connectivity index (χ2v) is 20.9. The van der Waals surface area contributed by atoms with Gasteiger partial charge in [0.25, 0.3) is 0 Å². The Balaban J connectivity index is 1.14. The molecule has 5 aromatic rings. The van der Waals surface area contributed by atoms with Gasteiger partial charge >= 0.3 is 29.8 Å². The van der Waals surface area contributed by atoms with Gasteiger partial charge in [0.05, 0.1) is 23.5 Å². The van der Waals surface area contributed by atoms with Crippen LogP contribution in [0.5, 0.6) is 11.5 Å². The van der Waals surface area contributed by atoms with Crippen molar-refractivity contribution in [1.82, 2.24) is 0 Å². The van der Waals surface area contributed by atoms with Crippen LogP contribution in [-0.4, -0.2) is 114 Å². The number of nitrogens with zero attached hydrogens (tertiary/aromatic N) is 1. The minimum absolute atomic E-state index is 0.00766. The normalized spacial score (nSPS) is 29.5. The second-order valence-electron chi connectivity index (χ2n) is 20.9. The van der Waals surface area contributed by atoms with Crippen LogP contribution < -0.4 is 9.47 Å². The number of Topliss-reactive ketones (excluding diaryl/α,β-unsaturated/α-hetero) is 1. The Labute approximate surface area is 450 Å². The number of carbonyl (C=O) groups excluding carboxylic acids is 6. The van der Waals surface area contributed by atoms with Gasteiger partial charge in [0.1, 0.15) is 47.6 Å². The number of ether oxygens (including phenoxy) is 9. The molecule has 0 radical (unpaired) electrons. The summed E-state index contributed by atoms with van der Waals surface area (Å²) in [7, 11) is 0. The van der Waals surface area contributed by atoms with Crippen molar-refractivity contribution < 1.29 is 76.5 Å². The molecule has 1 N–H and O–H groups in total. The number of hydrogen-bond donors (Lipinski definition) is 1. The molecule has 0 unspecified atom stereocenters. The van der Waals surface area contributed by atoms with Crippen molar-refractivity contribution >= 4 is 41.5 Å². The van der Waals surface area contributed by atoms with E-state index in [0.717, 1.165) is 0 Å². The maximum Gasteiger partial charge on any atom is 0.350 e. The molecule has 0 spiro atoms. The quantitative estimate of drug-likeness (QED) is 0.0610. The number of rotatable bonds is 15. The minimum atomic E-state index is -2.45. The van der Waals surface area contributed by atoms with Crippen LogP contribution in [0.1, 0.15) is 75.0 Å². The lowest BCUT2D eigenvalue weighted by Crippen LogP contribution is -2.82. The van der Waals surface area contributed by atoms with Gasteiger partial charge in [-0.2, -0.15) is 0 Å². The maximum absolute atomic E-state index is 16.7. The average Bonchev–Trinajstić information content (AvgIpc) is 2.15. The zero-order valence-corrected chi connectivity index (χ0v) is 43.6. The first kappa shape index (κ1) is 53.3. The van der Waals surface area contributed by atoms with Gasteiger partial charge in [0.2, 0.25) is 12.0 Å². The van der Waals surface area contributed by atoms with E-state index in [1.165, 1.54) is 26.0 Å². The molecule has 17 nitrogen and oxygen atoms in total. The monoisotopic (exact) mass is 1060 g/mol. The Morgan fingerprint density at radius 2 is 1.26 bits per heavy atom. The molecule has 2 bridgehead atoms. The molecule has 404 valence electrons. The maximum atomic E-state index is 16.7. The summed E-state index contributed by atoms with van der Waals surface area (Å²) in [4.78, 5) is 93.5. The minimum Gasteiger partial charge on any atom is -0.482 e. The van der Waals surface area contributed by atoms with E-state index < -0.39 is 126 Å². The number of esters is 5. The van der Waals surface area contributed by atoms with Crippen molar-refractivity contribution in [2.75, 3.05) is 19.8 Å². The highest BCUT2D eigenvalue weighted by Crippen LogP contribution is 2.65. The molecule has 5 aliphatic rings. The molecule has 78 heavy (non-hydrogen) atoms. The Morgan fingerprint density at radius 1 is 0.705 bits per heavy atom. The highest BCUT2D eigenvalue weighted by atomic mass is 16.6. The first-order valence-corrected chi connectivity index (χ1v) is 25.8. The summed E-state index contributed by atoms with van der Waals surface area (Å²) in [6.45, 7) is 5.76. The van der Waals surface area contributed by atoms with E-state index in [-0.39, 0.29) is 35.6 Å². The van der Waals surface area contributed by atoms with Gasteiger partial charge in [0, 0.05) is 30.7 Å². The number of fused-ring (bicyclic) bond motifs is 5. The standard InChI is InChI=1S/C61H59NO16/c1-36-43(73-57(68)51-49(38-21-11-6-12-22-38)62-55(76-51)39-23-13-7-14-24-39)32-61(69)54(77-56(67)40-25-15-8-16-26-40)52-59(5,53(66)50(48(36)58(61,3)4)75-47(65)34-71-42-29-19-10-20-30-42)44(31-45-60(52,35-72-45)78-37(2)63)74-46(64)33-70-41-27-17-9-18-28-41/h6-30,43-45,49-52,54,69H,31-35H2,1-5H3/t43-,44-,45+,49-,50+,51+,52-,54-,59+,60-,61+/m0/s1. The van der Waals surface area contributed by atoms with Crippen LogP contribution in [0.2, 0.25) is 0 Å². The Morgan fingerprint density at radius 3 is 1.82 bits per heavy atom. The highest BCUT2D eigenvalue weighted by molar-refractivity contribution is 5.98. The van der Waals surface area contributed by atoms with E-state index in [4.69, 9.17) is 47.6 Å². The molecule has 0 aromatic heterocycles. The number of benzene rings is 5. The van der Waals surface area contributed by atoms with E-state index in [1.54, 1.807) is 136 Å². The van der Waals surface area contributed by atoms with Crippen molar-refractivity contribution in [2.45, 2.75) is 101 Å². The van der Waals surface area contributed by atoms with Gasteiger partial charge in [-0.25, -0.2) is 24.2 Å². The van der Waals surface area contributed by atoms with Crippen molar-refractivity contribution in [3.05, 3.63) is 179 Å². The van der Waals surface area contributed by atoms with Crippen molar-refractivity contribution in [3.63, 3.8) is 0 Å². The van der Waals surface area contributed by atoms with E-state index in [0.29, 0.717) is 22.6 Å². The van der Waals surface area contributed by atoms with E-state index in [2.05, 4.69) is 0 Å². The molecule has 2 heterocycles. The molecule has 3 aliphatic carbocycles. The van der Waals surface area contributed by atoms with Crippen LogP contribution in [0.4, 0.5) is 0 Å². The largest absolute Gasteiger partial charge is 0.482 e. The molecule has 10 rings (SSSR count). The van der Waals surface area contributed by atoms with Crippen LogP contribution >= 0.6 is 0 Å². The molecule has 11 atom stereocenters. The third-order valence-corrected chi connectivity index (χ3v) is 16.0. The van der Waals surface area contributed by atoms with E-state index in [1.807, 2.05) is 24.3 Å². The van der Waals surface area contributed by atoms with Crippen LogP contribution in [0.15, 0.2) is 168 Å². The first-order valence-electron chi connectivity index (χ1n) is 25.8. The van der Waals surface area contributed by atoms with Crippen molar-refractivity contribution in [1.29, 1.82) is 0 Å². The summed E-state index contributed by atoms with van der Waals surface area (Å²) in [5, 5.41) is 14.3. The molecule has 0 amide bonds. The number of aliphatic hydroxyl groups is 1. The highest BCUT2D eigenvalue weighted by Gasteiger charge is 2.79. The molecular formula is C61H59NO16. The third-order valence-electron chi connectivity index (χ3n) is 16.0. The van der Waals surface area contributed by atoms with E-state index in [9.17, 15) is 24.3 Å². The lowest BCUT2D eigenvalue weighted by molar-refractivity contribution is -0.346. The predicted octanol–water partition coefficient (Wildman–Crippen LogP) is 7.48. The summed E-state index contributed by atoms with van der Waals surface area (Å²) in [5.74, 6) is -6.25. The fourth-order valence-corrected chi connectivity index (χ4v) is 12.1. The molecule has 17 heteroatoms. The van der Waals surface area contributed by atoms with Crippen LogP contribution in [0, 0.1) is 16.7 Å². The van der Waals surface area contributed by atoms with Crippen LogP contribution in [0.25, 0.3) is 0 Å². The summed E-state index contributed by atoms with van der Waals surface area (Å²) in [6, 6.07) is 42.1. The van der Waals surface area contributed by atoms with Gasteiger partial charge < -0.3 is 47.7 Å². The lowest BCUT2D eigenvalue weighted by atomic mass is 9.44. The Bertz CT molecular complexity index is 3130. The number of aliphatic imine (C=N–C) groups is 1. The summed E-state index contributed by atoms with van der Waals surface area (Å²) >= 11 is 0. The van der Waals surface area contributed by atoms with Gasteiger partial charge in [-0.1, -0.05) is 117 Å². The molecule has 1 saturated heterocycles. The molecule has 3 fully saturated rings.